The second-order valence-electron chi connectivity index (χ2n) is 7.61. The molecule has 7 nitrogen and oxygen atoms in total. The van der Waals surface area contributed by atoms with Crippen molar-refractivity contribution >= 4 is 32.5 Å². The average Bonchev–Trinajstić information content (AvgIpc) is 2.75. The van der Waals surface area contributed by atoms with Crippen LogP contribution in [0, 0.1) is 0 Å². The van der Waals surface area contributed by atoms with Crippen molar-refractivity contribution in [3.8, 4) is 0 Å². The summed E-state index contributed by atoms with van der Waals surface area (Å²) in [6.07, 6.45) is -3.82. The maximum absolute atomic E-state index is 12.8. The molecule has 33 heavy (non-hydrogen) atoms. The molecule has 2 N–H and O–H groups in total. The Morgan fingerprint density at radius 3 is 2.36 bits per heavy atom. The molecule has 0 radical (unpaired) electrons. The zero-order valence-corrected chi connectivity index (χ0v) is 18.8. The van der Waals surface area contributed by atoms with Crippen molar-refractivity contribution in [1.29, 1.82) is 0 Å². The van der Waals surface area contributed by atoms with E-state index in [1.165, 1.54) is 12.1 Å². The van der Waals surface area contributed by atoms with Gasteiger partial charge in [-0.15, -0.1) is 0 Å². The number of fused-ring (bicyclic) bond motifs is 1. The van der Waals surface area contributed by atoms with Gasteiger partial charge in [-0.1, -0.05) is 18.2 Å². The molecule has 3 aromatic rings. The maximum Gasteiger partial charge on any atom is 0.416 e. The van der Waals surface area contributed by atoms with Crippen LogP contribution in [-0.4, -0.2) is 51.4 Å². The molecule has 0 aliphatic heterocycles. The lowest BCUT2D eigenvalue weighted by molar-refractivity contribution is -0.137. The van der Waals surface area contributed by atoms with Crippen molar-refractivity contribution in [2.75, 3.05) is 31.9 Å². The van der Waals surface area contributed by atoms with Gasteiger partial charge in [-0.05, 0) is 63.5 Å². The van der Waals surface area contributed by atoms with Gasteiger partial charge in [-0.2, -0.15) is 13.2 Å². The average molecular weight is 481 g/mol. The molecular weight excluding hydrogens is 457 g/mol. The first-order valence-electron chi connectivity index (χ1n) is 10.0. The van der Waals surface area contributed by atoms with E-state index in [0.29, 0.717) is 24.1 Å². The van der Waals surface area contributed by atoms with Crippen molar-refractivity contribution in [3.05, 3.63) is 65.9 Å². The number of aromatic nitrogens is 1. The topological polar surface area (TPSA) is 91.4 Å². The minimum Gasteiger partial charge on any atom is -0.351 e. The molecule has 176 valence electrons. The minimum atomic E-state index is -4.57. The van der Waals surface area contributed by atoms with Gasteiger partial charge in [0, 0.05) is 11.9 Å². The van der Waals surface area contributed by atoms with E-state index in [9.17, 15) is 26.4 Å². The number of hydrogen-bond donors (Lipinski definition) is 2. The Morgan fingerprint density at radius 2 is 1.73 bits per heavy atom. The van der Waals surface area contributed by atoms with E-state index in [4.69, 9.17) is 0 Å². The number of nitrogens with one attached hydrogen (secondary N) is 2. The van der Waals surface area contributed by atoms with E-state index in [2.05, 4.69) is 15.0 Å². The molecule has 0 atom stereocenters. The fraction of sp³-hybridized carbons (Fsp3) is 0.273. The Kier molecular flexibility index (Phi) is 7.23. The third-order valence-electron chi connectivity index (χ3n) is 4.76. The summed E-state index contributed by atoms with van der Waals surface area (Å²) < 4.78 is 66.2. The lowest BCUT2D eigenvalue weighted by Gasteiger charge is -2.13. The monoisotopic (exact) mass is 480 g/mol. The van der Waals surface area contributed by atoms with E-state index in [1.54, 1.807) is 18.2 Å². The van der Waals surface area contributed by atoms with Crippen LogP contribution in [0.2, 0.25) is 0 Å². The van der Waals surface area contributed by atoms with E-state index in [1.807, 2.05) is 19.0 Å². The van der Waals surface area contributed by atoms with Gasteiger partial charge in [-0.25, -0.2) is 13.4 Å². The highest BCUT2D eigenvalue weighted by Gasteiger charge is 2.30. The fourth-order valence-corrected chi connectivity index (χ4v) is 4.14. The Balaban J connectivity index is 1.84. The Hall–Kier alpha value is -3.18. The van der Waals surface area contributed by atoms with E-state index >= 15 is 0 Å². The molecule has 0 saturated carbocycles. The summed E-state index contributed by atoms with van der Waals surface area (Å²) in [7, 11) is -0.327. The summed E-state index contributed by atoms with van der Waals surface area (Å²) in [6.45, 7) is 1.26. The van der Waals surface area contributed by atoms with Gasteiger partial charge < -0.3 is 10.2 Å². The number of benzene rings is 2. The third kappa shape index (κ3) is 6.20. The van der Waals surface area contributed by atoms with Gasteiger partial charge in [0.05, 0.1) is 21.7 Å². The summed E-state index contributed by atoms with van der Waals surface area (Å²) in [5.41, 5.74) is -0.480. The molecule has 0 saturated heterocycles. The zero-order chi connectivity index (χ0) is 24.2. The number of pyridine rings is 1. The fourth-order valence-electron chi connectivity index (χ4n) is 3.07. The minimum absolute atomic E-state index is 0.106. The standard InChI is InChI=1S/C22H23F3N4O3S/c1-29(2)14-4-13-26-21(30)19-12-7-15-5-3-6-18(20(15)27-19)28-33(31,32)17-10-8-16(9-11-17)22(23,24)25/h3,5-12,28H,4,13-14H2,1-2H3,(H,26,30). The van der Waals surface area contributed by atoms with Crippen LogP contribution in [0.15, 0.2) is 59.5 Å². The number of amides is 1. The molecule has 2 aromatic carbocycles. The van der Waals surface area contributed by atoms with Crippen molar-refractivity contribution in [1.82, 2.24) is 15.2 Å². The molecule has 11 heteroatoms. The number of carbonyl (C=O) groups is 1. The highest BCUT2D eigenvalue weighted by molar-refractivity contribution is 7.92. The SMILES string of the molecule is CN(C)CCCNC(=O)c1ccc2cccc(NS(=O)(=O)c3ccc(C(F)(F)F)cc3)c2n1. The van der Waals surface area contributed by atoms with Gasteiger partial charge in [0.2, 0.25) is 0 Å². The number of carbonyl (C=O) groups excluding carboxylic acids is 1. The number of hydrogen-bond acceptors (Lipinski definition) is 5. The molecule has 1 heterocycles. The number of rotatable bonds is 8. The van der Waals surface area contributed by atoms with Gasteiger partial charge in [0.25, 0.3) is 15.9 Å². The molecular formula is C22H23F3N4O3S. The predicted molar refractivity (Wildman–Crippen MR) is 119 cm³/mol. The van der Waals surface area contributed by atoms with Crippen molar-refractivity contribution in [2.45, 2.75) is 17.5 Å². The molecule has 0 aliphatic rings. The highest BCUT2D eigenvalue weighted by atomic mass is 32.2. The second kappa shape index (κ2) is 9.75. The molecule has 0 spiro atoms. The zero-order valence-electron chi connectivity index (χ0n) is 18.0. The van der Waals surface area contributed by atoms with E-state index in [-0.39, 0.29) is 21.8 Å². The summed E-state index contributed by atoms with van der Waals surface area (Å²) in [5, 5.41) is 3.36. The number of alkyl halides is 3. The van der Waals surface area contributed by atoms with E-state index in [0.717, 1.165) is 25.1 Å². The van der Waals surface area contributed by atoms with E-state index < -0.39 is 27.7 Å². The van der Waals surface area contributed by atoms with Gasteiger partial charge in [0.15, 0.2) is 0 Å². The van der Waals surface area contributed by atoms with Crippen LogP contribution >= 0.6 is 0 Å². The first-order valence-corrected chi connectivity index (χ1v) is 11.5. The van der Waals surface area contributed by atoms with Gasteiger partial charge in [-0.3, -0.25) is 9.52 Å². The molecule has 1 aromatic heterocycles. The smallest absolute Gasteiger partial charge is 0.351 e. The van der Waals surface area contributed by atoms with Crippen LogP contribution in [0.25, 0.3) is 10.9 Å². The number of nitrogens with zero attached hydrogens (tertiary/aromatic N) is 2. The van der Waals surface area contributed by atoms with Crippen LogP contribution in [0.1, 0.15) is 22.5 Å². The summed E-state index contributed by atoms with van der Waals surface area (Å²) in [4.78, 5) is 18.4. The quantitative estimate of drug-likeness (QED) is 0.480. The lowest BCUT2D eigenvalue weighted by atomic mass is 10.1. The molecule has 0 aliphatic carbocycles. The van der Waals surface area contributed by atoms with Gasteiger partial charge >= 0.3 is 6.18 Å². The van der Waals surface area contributed by atoms with Crippen LogP contribution < -0.4 is 10.0 Å². The van der Waals surface area contributed by atoms with Crippen LogP contribution in [0.5, 0.6) is 0 Å². The Morgan fingerprint density at radius 1 is 1.03 bits per heavy atom. The molecule has 0 unspecified atom stereocenters. The second-order valence-corrected chi connectivity index (χ2v) is 9.30. The molecule has 3 rings (SSSR count). The van der Waals surface area contributed by atoms with Crippen LogP contribution in [0.4, 0.5) is 18.9 Å². The van der Waals surface area contributed by atoms with Crippen molar-refractivity contribution < 1.29 is 26.4 Å². The normalized spacial score (nSPS) is 12.2. The number of halogens is 3. The summed E-state index contributed by atoms with van der Waals surface area (Å²) in [6, 6.07) is 11.1. The Bertz CT molecular complexity index is 1240. The largest absolute Gasteiger partial charge is 0.416 e. The van der Waals surface area contributed by atoms with Gasteiger partial charge in [0.1, 0.15) is 5.69 Å². The van der Waals surface area contributed by atoms with Crippen molar-refractivity contribution in [3.63, 3.8) is 0 Å². The first kappa shape index (κ1) is 24.5. The maximum atomic E-state index is 12.8. The third-order valence-corrected chi connectivity index (χ3v) is 6.14. The van der Waals surface area contributed by atoms with Crippen LogP contribution in [-0.2, 0) is 16.2 Å². The molecule has 1 amide bonds. The summed E-state index contributed by atoms with van der Waals surface area (Å²) >= 11 is 0. The van der Waals surface area contributed by atoms with Crippen molar-refractivity contribution in [2.24, 2.45) is 0 Å². The lowest BCUT2D eigenvalue weighted by Crippen LogP contribution is -2.27. The number of sulfonamides is 1. The highest BCUT2D eigenvalue weighted by Crippen LogP contribution is 2.30. The summed E-state index contributed by atoms with van der Waals surface area (Å²) in [5.74, 6) is -0.393. The predicted octanol–water partition coefficient (Wildman–Crippen LogP) is 3.74. The number of anilines is 1. The molecule has 0 fully saturated rings. The Labute approximate surface area is 189 Å². The number of para-hydroxylation sites is 1. The molecule has 0 bridgehead atoms. The first-order chi connectivity index (χ1) is 15.5. The van der Waals surface area contributed by atoms with Crippen LogP contribution in [0.3, 0.4) is 0 Å².